The minimum absolute atomic E-state index is 0.0186. The second kappa shape index (κ2) is 11.6. The summed E-state index contributed by atoms with van der Waals surface area (Å²) in [4.78, 5) is 11.0. The number of hydrogen-bond acceptors (Lipinski definition) is 8. The third-order valence-electron chi connectivity index (χ3n) is 5.07. The number of thiophene rings is 1. The Kier molecular flexibility index (Phi) is 8.24. The van der Waals surface area contributed by atoms with Crippen molar-refractivity contribution < 1.29 is 36.6 Å². The average molecular weight is 559 g/mol. The van der Waals surface area contributed by atoms with Crippen molar-refractivity contribution in [1.29, 1.82) is 0 Å². The van der Waals surface area contributed by atoms with Crippen LogP contribution in [0.1, 0.15) is 10.4 Å². The first-order chi connectivity index (χ1) is 17.8. The smallest absolute Gasteiger partial charge is 0.335 e. The molecule has 4 aromatic rings. The number of rotatable bonds is 11. The second-order valence-electron chi connectivity index (χ2n) is 7.44. The minimum atomic E-state index is -3.82. The molecule has 9 nitrogen and oxygen atoms in total. The Morgan fingerprint density at radius 2 is 1.57 bits per heavy atom. The maximum Gasteiger partial charge on any atom is 0.335 e. The van der Waals surface area contributed by atoms with Gasteiger partial charge in [-0.05, 0) is 54.6 Å². The van der Waals surface area contributed by atoms with Gasteiger partial charge in [0.15, 0.2) is 0 Å². The average Bonchev–Trinajstić information content (AvgIpc) is 3.39. The zero-order valence-electron chi connectivity index (χ0n) is 19.1. The highest BCUT2D eigenvalue weighted by molar-refractivity contribution is 7.91. The normalized spacial score (nSPS) is 12.0. The summed E-state index contributed by atoms with van der Waals surface area (Å²) < 4.78 is 62.7. The van der Waals surface area contributed by atoms with Crippen molar-refractivity contribution in [2.45, 2.75) is 9.79 Å². The van der Waals surface area contributed by atoms with Gasteiger partial charge >= 0.3 is 5.97 Å². The Balaban J connectivity index is 1.50. The quantitative estimate of drug-likeness (QED) is 0.207. The molecule has 3 aromatic carbocycles. The Hall–Kier alpha value is -3.71. The first-order valence-electron chi connectivity index (χ1n) is 10.7. The number of carboxylic acids is 1. The van der Waals surface area contributed by atoms with Crippen molar-refractivity contribution in [3.8, 4) is 11.5 Å². The topological polar surface area (TPSA) is 133 Å². The van der Waals surface area contributed by atoms with E-state index in [9.17, 15) is 22.0 Å². The van der Waals surface area contributed by atoms with E-state index in [-0.39, 0.29) is 45.0 Å². The molecule has 1 atom stereocenters. The predicted molar refractivity (Wildman–Crippen MR) is 138 cm³/mol. The molecule has 0 amide bonds. The number of nitrogens with zero attached hydrogens (tertiary/aromatic N) is 1. The Morgan fingerprint density at radius 1 is 0.919 bits per heavy atom. The monoisotopic (exact) mass is 558 g/mol. The molecule has 4 rings (SSSR count). The summed E-state index contributed by atoms with van der Waals surface area (Å²) in [6.45, 7) is 0.175. The van der Waals surface area contributed by atoms with Crippen LogP contribution >= 0.6 is 11.3 Å². The maximum atomic E-state index is 13.0. The third kappa shape index (κ3) is 6.17. The van der Waals surface area contributed by atoms with E-state index in [0.717, 1.165) is 15.6 Å². The van der Waals surface area contributed by atoms with Gasteiger partial charge in [0.05, 0.1) is 32.3 Å². The number of ether oxygens (including phenoxy) is 2. The summed E-state index contributed by atoms with van der Waals surface area (Å²) in [6.07, 6.45) is 0. The maximum absolute atomic E-state index is 13.0. The fourth-order valence-electron chi connectivity index (χ4n) is 3.32. The number of carboxylic acid groups (broad SMARTS) is 1. The fourth-order valence-corrected chi connectivity index (χ4v) is 6.61. The van der Waals surface area contributed by atoms with Crippen LogP contribution in [-0.4, -0.2) is 41.5 Å². The van der Waals surface area contributed by atoms with E-state index in [1.807, 2.05) is 0 Å². The number of sulfone groups is 1. The van der Waals surface area contributed by atoms with Crippen LogP contribution in [0.2, 0.25) is 0 Å². The number of para-hydroxylation sites is 2. The first kappa shape index (κ1) is 26.4. The summed E-state index contributed by atoms with van der Waals surface area (Å²) in [5.74, 6) is -0.338. The van der Waals surface area contributed by atoms with Gasteiger partial charge in [-0.15, -0.1) is 11.3 Å². The third-order valence-corrected chi connectivity index (χ3v) is 8.69. The van der Waals surface area contributed by atoms with Gasteiger partial charge in [-0.25, -0.2) is 13.2 Å². The molecule has 0 radical (unpaired) electrons. The molecule has 1 N–H and O–H groups in total. The zero-order chi connectivity index (χ0) is 26.4. The molecule has 0 aliphatic heterocycles. The van der Waals surface area contributed by atoms with Gasteiger partial charge in [0.2, 0.25) is 9.84 Å². The van der Waals surface area contributed by atoms with Crippen molar-refractivity contribution in [1.82, 2.24) is 0 Å². The highest BCUT2D eigenvalue weighted by Gasteiger charge is 2.23. The number of anilines is 2. The largest absolute Gasteiger partial charge is 0.755 e. The molecule has 37 heavy (non-hydrogen) atoms. The second-order valence-corrected chi connectivity index (χ2v) is 11.1. The van der Waals surface area contributed by atoms with Gasteiger partial charge in [0.25, 0.3) is 0 Å². The molecule has 0 aliphatic rings. The molecule has 0 aliphatic carbocycles. The van der Waals surface area contributed by atoms with E-state index in [1.165, 1.54) is 47.8 Å². The molecule has 0 bridgehead atoms. The van der Waals surface area contributed by atoms with Gasteiger partial charge in [-0.3, -0.25) is 8.51 Å². The summed E-state index contributed by atoms with van der Waals surface area (Å²) in [7, 11) is -3.82. The van der Waals surface area contributed by atoms with E-state index in [0.29, 0.717) is 5.75 Å². The van der Waals surface area contributed by atoms with E-state index in [4.69, 9.17) is 14.6 Å². The van der Waals surface area contributed by atoms with Crippen LogP contribution in [0.15, 0.2) is 100 Å². The molecular weight excluding hydrogens is 538 g/mol. The molecule has 192 valence electrons. The number of aromatic carboxylic acids is 1. The lowest BCUT2D eigenvalue weighted by molar-refractivity contribution is 0.0696. The van der Waals surface area contributed by atoms with Crippen LogP contribution in [0, 0.1) is 0 Å². The van der Waals surface area contributed by atoms with Crippen molar-refractivity contribution in [2.75, 3.05) is 17.5 Å². The summed E-state index contributed by atoms with van der Waals surface area (Å²) in [5.41, 5.74) is 0.337. The minimum Gasteiger partial charge on any atom is -0.755 e. The predicted octanol–water partition coefficient (Wildman–Crippen LogP) is 4.67. The highest BCUT2D eigenvalue weighted by Crippen LogP contribution is 2.39. The lowest BCUT2D eigenvalue weighted by Crippen LogP contribution is -2.20. The molecule has 0 saturated heterocycles. The Labute approximate surface area is 219 Å². The molecular formula is C25H20NO8S3-. The molecule has 1 aromatic heterocycles. The van der Waals surface area contributed by atoms with Gasteiger partial charge in [-0.1, -0.05) is 30.3 Å². The van der Waals surface area contributed by atoms with Gasteiger partial charge < -0.3 is 19.1 Å². The van der Waals surface area contributed by atoms with Crippen LogP contribution in [0.4, 0.5) is 10.7 Å². The SMILES string of the molecule is O=C(O)c1ccc(OCCOc2ccccc2N(c2cc(S(=O)(=O)c3ccccc3)cs2)S(=O)[O-])cc1. The molecule has 12 heteroatoms. The van der Waals surface area contributed by atoms with E-state index < -0.39 is 27.1 Å². The van der Waals surface area contributed by atoms with Crippen molar-refractivity contribution in [3.63, 3.8) is 0 Å². The van der Waals surface area contributed by atoms with Crippen molar-refractivity contribution in [2.24, 2.45) is 0 Å². The van der Waals surface area contributed by atoms with Crippen LogP contribution in [0.5, 0.6) is 11.5 Å². The number of hydrogen-bond donors (Lipinski definition) is 1. The van der Waals surface area contributed by atoms with Gasteiger partial charge in [-0.2, -0.15) is 0 Å². The number of carbonyl (C=O) groups is 1. The molecule has 0 saturated carbocycles. The number of benzene rings is 3. The van der Waals surface area contributed by atoms with Crippen LogP contribution in [0.3, 0.4) is 0 Å². The van der Waals surface area contributed by atoms with E-state index in [1.54, 1.807) is 42.5 Å². The lowest BCUT2D eigenvalue weighted by Gasteiger charge is -2.26. The zero-order valence-corrected chi connectivity index (χ0v) is 21.5. The molecule has 1 heterocycles. The summed E-state index contributed by atoms with van der Waals surface area (Å²) >= 11 is -1.81. The van der Waals surface area contributed by atoms with Crippen LogP contribution in [0.25, 0.3) is 0 Å². The summed E-state index contributed by atoms with van der Waals surface area (Å²) in [6, 6.07) is 21.5. The fraction of sp³-hybridized carbons (Fsp3) is 0.0800. The van der Waals surface area contributed by atoms with Crippen molar-refractivity contribution in [3.05, 3.63) is 95.9 Å². The van der Waals surface area contributed by atoms with Crippen LogP contribution in [-0.2, 0) is 21.1 Å². The standard InChI is InChI=1S/C25H21NO8S3/c27-25(28)18-10-12-19(13-11-18)33-14-15-34-23-9-5-4-8-22(23)26(36(29)30)24-16-21(17-35-24)37(31,32)20-6-2-1-3-7-20/h1-13,16-17H,14-15H2,(H,27,28)(H,29,30)/p-1. The van der Waals surface area contributed by atoms with E-state index in [2.05, 4.69) is 0 Å². The van der Waals surface area contributed by atoms with Crippen LogP contribution < -0.4 is 13.8 Å². The van der Waals surface area contributed by atoms with Crippen molar-refractivity contribution >= 4 is 49.1 Å². The molecule has 1 unspecified atom stereocenters. The first-order valence-corrected chi connectivity index (χ1v) is 14.1. The molecule has 0 fully saturated rings. The Morgan fingerprint density at radius 3 is 2.24 bits per heavy atom. The van der Waals surface area contributed by atoms with E-state index >= 15 is 0 Å². The van der Waals surface area contributed by atoms with Gasteiger partial charge in [0.1, 0.15) is 29.7 Å². The van der Waals surface area contributed by atoms with Gasteiger partial charge in [0, 0.05) is 5.38 Å². The molecule has 0 spiro atoms. The Bertz CT molecular complexity index is 1500. The highest BCUT2D eigenvalue weighted by atomic mass is 32.2. The summed E-state index contributed by atoms with van der Waals surface area (Å²) in [5, 5.41) is 10.5. The lowest BCUT2D eigenvalue weighted by atomic mass is 10.2.